The second-order valence-electron chi connectivity index (χ2n) is 5.51. The summed E-state index contributed by atoms with van der Waals surface area (Å²) >= 11 is 0. The van der Waals surface area contributed by atoms with E-state index in [1.807, 2.05) is 0 Å². The van der Waals surface area contributed by atoms with Crippen LogP contribution in [-0.4, -0.2) is 38.0 Å². The van der Waals surface area contributed by atoms with E-state index in [2.05, 4.69) is 22.6 Å². The van der Waals surface area contributed by atoms with Crippen LogP contribution >= 0.6 is 0 Å². The summed E-state index contributed by atoms with van der Waals surface area (Å²) in [7, 11) is 0. The van der Waals surface area contributed by atoms with E-state index in [0.29, 0.717) is 5.69 Å². The molecule has 2 rings (SSSR count). The van der Waals surface area contributed by atoms with Gasteiger partial charge in [-0.05, 0) is 38.5 Å². The van der Waals surface area contributed by atoms with Gasteiger partial charge in [0, 0.05) is 6.04 Å². The molecule has 7 heteroatoms. The van der Waals surface area contributed by atoms with Gasteiger partial charge in [0.05, 0.1) is 5.69 Å². The van der Waals surface area contributed by atoms with Gasteiger partial charge < -0.3 is 10.4 Å². The number of carbonyl (C=O) groups excluding carboxylic acids is 1. The van der Waals surface area contributed by atoms with Gasteiger partial charge in [0.1, 0.15) is 6.54 Å². The average Bonchev–Trinajstić information content (AvgIpc) is 2.74. The van der Waals surface area contributed by atoms with E-state index >= 15 is 0 Å². The highest BCUT2D eigenvalue weighted by Crippen LogP contribution is 2.23. The topological polar surface area (TPSA) is 97.1 Å². The maximum Gasteiger partial charge on any atom is 0.358 e. The number of nitrogens with one attached hydrogen (secondary N) is 1. The van der Waals surface area contributed by atoms with E-state index in [1.54, 1.807) is 6.92 Å². The van der Waals surface area contributed by atoms with Gasteiger partial charge in [0.2, 0.25) is 5.91 Å². The lowest BCUT2D eigenvalue weighted by molar-refractivity contribution is -0.122. The van der Waals surface area contributed by atoms with Crippen LogP contribution in [0.1, 0.15) is 48.8 Å². The molecule has 1 aromatic rings. The zero-order valence-corrected chi connectivity index (χ0v) is 11.8. The molecule has 1 aliphatic carbocycles. The van der Waals surface area contributed by atoms with Crippen LogP contribution in [0.15, 0.2) is 0 Å². The van der Waals surface area contributed by atoms with E-state index in [9.17, 15) is 9.59 Å². The number of amides is 1. The lowest BCUT2D eigenvalue weighted by atomic mass is 9.87. The first-order valence-electron chi connectivity index (χ1n) is 6.90. The molecule has 2 N–H and O–H groups in total. The first-order chi connectivity index (χ1) is 9.47. The zero-order valence-electron chi connectivity index (χ0n) is 11.8. The van der Waals surface area contributed by atoms with Crippen molar-refractivity contribution in [2.24, 2.45) is 5.92 Å². The molecule has 1 fully saturated rings. The van der Waals surface area contributed by atoms with Gasteiger partial charge in [0.15, 0.2) is 5.69 Å². The molecule has 1 aliphatic rings. The minimum atomic E-state index is -1.13. The number of hydrogen-bond donors (Lipinski definition) is 2. The molecule has 110 valence electrons. The molecule has 0 aliphatic heterocycles. The number of carboxylic acids is 1. The van der Waals surface area contributed by atoms with Crippen molar-refractivity contribution in [1.82, 2.24) is 20.3 Å². The Hall–Kier alpha value is -1.92. The molecule has 0 aromatic carbocycles. The summed E-state index contributed by atoms with van der Waals surface area (Å²) in [6, 6.07) is 0.224. The Balaban J connectivity index is 1.90. The summed E-state index contributed by atoms with van der Waals surface area (Å²) in [5.74, 6) is -0.538. The first-order valence-corrected chi connectivity index (χ1v) is 6.90. The van der Waals surface area contributed by atoms with Gasteiger partial charge in [-0.2, -0.15) is 0 Å². The summed E-state index contributed by atoms with van der Waals surface area (Å²) in [4.78, 5) is 22.8. The predicted octanol–water partition coefficient (Wildman–Crippen LogP) is 0.980. The molecule has 0 atom stereocenters. The Kier molecular flexibility index (Phi) is 4.36. The van der Waals surface area contributed by atoms with Crippen molar-refractivity contribution < 1.29 is 14.7 Å². The molecule has 20 heavy (non-hydrogen) atoms. The van der Waals surface area contributed by atoms with E-state index < -0.39 is 5.97 Å². The molecule has 0 bridgehead atoms. The van der Waals surface area contributed by atoms with E-state index in [0.717, 1.165) is 31.6 Å². The van der Waals surface area contributed by atoms with Crippen LogP contribution in [0.25, 0.3) is 0 Å². The Morgan fingerprint density at radius 3 is 2.55 bits per heavy atom. The Morgan fingerprint density at radius 2 is 2.00 bits per heavy atom. The van der Waals surface area contributed by atoms with Crippen molar-refractivity contribution in [2.45, 2.75) is 52.1 Å². The third kappa shape index (κ3) is 3.34. The van der Waals surface area contributed by atoms with Gasteiger partial charge in [-0.3, -0.25) is 4.79 Å². The summed E-state index contributed by atoms with van der Waals surface area (Å²) in [6.07, 6.45) is 4.28. The molecule has 7 nitrogen and oxygen atoms in total. The van der Waals surface area contributed by atoms with Gasteiger partial charge in [-0.15, -0.1) is 5.10 Å². The quantitative estimate of drug-likeness (QED) is 0.857. The maximum atomic E-state index is 11.9. The highest BCUT2D eigenvalue weighted by Gasteiger charge is 2.21. The molecule has 1 heterocycles. The molecule has 1 saturated carbocycles. The first kappa shape index (κ1) is 14.5. The highest BCUT2D eigenvalue weighted by atomic mass is 16.4. The average molecular weight is 280 g/mol. The lowest BCUT2D eigenvalue weighted by Crippen LogP contribution is -2.39. The molecule has 0 spiro atoms. The van der Waals surface area contributed by atoms with Crippen LogP contribution < -0.4 is 5.32 Å². The Labute approximate surface area is 117 Å². The highest BCUT2D eigenvalue weighted by molar-refractivity contribution is 5.86. The fraction of sp³-hybridized carbons (Fsp3) is 0.692. The molecule has 1 amide bonds. The zero-order chi connectivity index (χ0) is 14.7. The molecular weight excluding hydrogens is 260 g/mol. The monoisotopic (exact) mass is 280 g/mol. The maximum absolute atomic E-state index is 11.9. The standard InChI is InChI=1S/C13H20N4O3/c1-8-3-5-10(6-4-8)14-11(18)7-17-9(2)12(13(19)20)15-16-17/h8,10H,3-7H2,1-2H3,(H,14,18)(H,19,20). The fourth-order valence-electron chi connectivity index (χ4n) is 2.52. The second kappa shape index (κ2) is 6.02. The van der Waals surface area contributed by atoms with Crippen LogP contribution in [-0.2, 0) is 11.3 Å². The van der Waals surface area contributed by atoms with Crippen molar-refractivity contribution in [1.29, 1.82) is 0 Å². The number of hydrogen-bond acceptors (Lipinski definition) is 4. The van der Waals surface area contributed by atoms with Crippen molar-refractivity contribution >= 4 is 11.9 Å². The SMILES string of the molecule is Cc1c(C(=O)O)nnn1CC(=O)NC1CCC(C)CC1. The number of aromatic carboxylic acids is 1. The van der Waals surface area contributed by atoms with E-state index in [4.69, 9.17) is 5.11 Å². The van der Waals surface area contributed by atoms with Crippen molar-refractivity contribution in [2.75, 3.05) is 0 Å². The van der Waals surface area contributed by atoms with E-state index in [-0.39, 0.29) is 24.2 Å². The predicted molar refractivity (Wildman–Crippen MR) is 71.3 cm³/mol. The summed E-state index contributed by atoms with van der Waals surface area (Å²) in [6.45, 7) is 3.83. The van der Waals surface area contributed by atoms with E-state index in [1.165, 1.54) is 4.68 Å². The second-order valence-corrected chi connectivity index (χ2v) is 5.51. The van der Waals surface area contributed by atoms with Gasteiger partial charge >= 0.3 is 5.97 Å². The van der Waals surface area contributed by atoms with Crippen molar-refractivity contribution in [3.63, 3.8) is 0 Å². The number of aromatic nitrogens is 3. The van der Waals surface area contributed by atoms with Crippen LogP contribution in [0.3, 0.4) is 0 Å². The van der Waals surface area contributed by atoms with Crippen molar-refractivity contribution in [3.8, 4) is 0 Å². The molecular formula is C13H20N4O3. The Morgan fingerprint density at radius 1 is 1.35 bits per heavy atom. The number of carbonyl (C=O) groups is 2. The third-order valence-corrected chi connectivity index (χ3v) is 3.86. The van der Waals surface area contributed by atoms with Crippen LogP contribution in [0.5, 0.6) is 0 Å². The fourth-order valence-corrected chi connectivity index (χ4v) is 2.52. The molecule has 0 unspecified atom stereocenters. The van der Waals surface area contributed by atoms with Gasteiger partial charge in [-0.1, -0.05) is 12.1 Å². The minimum Gasteiger partial charge on any atom is -0.476 e. The normalized spacial score (nSPS) is 22.5. The summed E-state index contributed by atoms with van der Waals surface area (Å²) < 4.78 is 1.32. The van der Waals surface area contributed by atoms with Gasteiger partial charge in [0.25, 0.3) is 0 Å². The van der Waals surface area contributed by atoms with Gasteiger partial charge in [-0.25, -0.2) is 9.48 Å². The Bertz CT molecular complexity index is 504. The summed E-state index contributed by atoms with van der Waals surface area (Å²) in [5, 5.41) is 19.1. The number of carboxylic acid groups (broad SMARTS) is 1. The summed E-state index contributed by atoms with van der Waals surface area (Å²) in [5.41, 5.74) is 0.286. The lowest BCUT2D eigenvalue weighted by Gasteiger charge is -2.26. The van der Waals surface area contributed by atoms with Crippen LogP contribution in [0.4, 0.5) is 0 Å². The number of nitrogens with zero attached hydrogens (tertiary/aromatic N) is 3. The van der Waals surface area contributed by atoms with Crippen LogP contribution in [0, 0.1) is 12.8 Å². The smallest absolute Gasteiger partial charge is 0.358 e. The third-order valence-electron chi connectivity index (χ3n) is 3.86. The molecule has 1 aromatic heterocycles. The largest absolute Gasteiger partial charge is 0.476 e. The van der Waals surface area contributed by atoms with Crippen LogP contribution in [0.2, 0.25) is 0 Å². The molecule has 0 radical (unpaired) electrons. The minimum absolute atomic E-state index is 0.0121. The number of rotatable bonds is 4. The molecule has 0 saturated heterocycles. The van der Waals surface area contributed by atoms with Crippen molar-refractivity contribution in [3.05, 3.63) is 11.4 Å².